The number of rotatable bonds is 0. The van der Waals surface area contributed by atoms with Crippen molar-refractivity contribution in [2.24, 2.45) is 5.41 Å². The molecule has 0 unspecified atom stereocenters. The lowest BCUT2D eigenvalue weighted by molar-refractivity contribution is -0.124. The molecule has 0 atom stereocenters. The average Bonchev–Trinajstić information content (AvgIpc) is 2.45. The van der Waals surface area contributed by atoms with Crippen molar-refractivity contribution in [2.45, 2.75) is 46.0 Å². The van der Waals surface area contributed by atoms with Crippen molar-refractivity contribution >= 4 is 11.8 Å². The molecule has 15 heavy (non-hydrogen) atoms. The number of nitrogens with one attached hydrogen (secondary N) is 1. The molecule has 2 amide bonds. The van der Waals surface area contributed by atoms with Crippen LogP contribution < -0.4 is 5.32 Å². The van der Waals surface area contributed by atoms with E-state index in [4.69, 9.17) is 0 Å². The molecule has 0 aromatic heterocycles. The van der Waals surface area contributed by atoms with Crippen LogP contribution in [0.15, 0.2) is 11.1 Å². The zero-order chi connectivity index (χ0) is 11.1. The molecule has 1 aliphatic carbocycles. The van der Waals surface area contributed by atoms with Crippen LogP contribution >= 0.6 is 0 Å². The number of carbonyl (C=O) groups excluding carboxylic acids is 2. The molecule has 1 heterocycles. The topological polar surface area (TPSA) is 46.2 Å². The van der Waals surface area contributed by atoms with Gasteiger partial charge in [-0.1, -0.05) is 19.4 Å². The fourth-order valence-corrected chi connectivity index (χ4v) is 2.30. The summed E-state index contributed by atoms with van der Waals surface area (Å²) in [6.45, 7) is 4.52. The third-order valence-corrected chi connectivity index (χ3v) is 3.50. The normalized spacial score (nSPS) is 25.7. The minimum absolute atomic E-state index is 0.146. The first-order valence-corrected chi connectivity index (χ1v) is 5.53. The van der Waals surface area contributed by atoms with E-state index in [1.165, 1.54) is 5.57 Å². The number of amides is 2. The standard InChI is InChI=1S/C12H17NO2/c1-12(2)5-3-8(4-6-12)9-7-10(14)13-11(9)15/h3-7H2,1-2H3,(H,13,14,15). The summed E-state index contributed by atoms with van der Waals surface area (Å²) >= 11 is 0. The lowest BCUT2D eigenvalue weighted by atomic mass is 9.74. The second-order valence-corrected chi connectivity index (χ2v) is 5.30. The summed E-state index contributed by atoms with van der Waals surface area (Å²) in [5.41, 5.74) is 2.34. The molecule has 2 fully saturated rings. The number of hydrogen-bond donors (Lipinski definition) is 1. The molecule has 2 rings (SSSR count). The van der Waals surface area contributed by atoms with Gasteiger partial charge in [0.25, 0.3) is 5.91 Å². The molecule has 0 bridgehead atoms. The van der Waals surface area contributed by atoms with Gasteiger partial charge in [0.2, 0.25) is 5.91 Å². The molecule has 0 aromatic carbocycles. The SMILES string of the molecule is CC1(C)CCC(=C2CC(=O)NC2=O)CC1. The summed E-state index contributed by atoms with van der Waals surface area (Å²) in [7, 11) is 0. The molecule has 0 radical (unpaired) electrons. The zero-order valence-electron chi connectivity index (χ0n) is 9.35. The molecule has 1 aliphatic heterocycles. The van der Waals surface area contributed by atoms with E-state index in [0.29, 0.717) is 11.8 Å². The van der Waals surface area contributed by atoms with E-state index >= 15 is 0 Å². The second kappa shape index (κ2) is 3.47. The van der Waals surface area contributed by atoms with Crippen molar-refractivity contribution in [3.63, 3.8) is 0 Å². The Morgan fingerprint density at radius 2 is 1.73 bits per heavy atom. The van der Waals surface area contributed by atoms with Crippen LogP contribution in [0.5, 0.6) is 0 Å². The van der Waals surface area contributed by atoms with Gasteiger partial charge < -0.3 is 0 Å². The fourth-order valence-electron chi connectivity index (χ4n) is 2.30. The molecule has 3 nitrogen and oxygen atoms in total. The number of imide groups is 1. The van der Waals surface area contributed by atoms with Crippen molar-refractivity contribution in [1.29, 1.82) is 0 Å². The Morgan fingerprint density at radius 3 is 2.20 bits per heavy atom. The maximum atomic E-state index is 11.5. The highest BCUT2D eigenvalue weighted by Crippen LogP contribution is 2.39. The molecule has 1 saturated carbocycles. The van der Waals surface area contributed by atoms with Crippen LogP contribution in [-0.4, -0.2) is 11.8 Å². The molecule has 1 N–H and O–H groups in total. The Bertz CT molecular complexity index is 341. The highest BCUT2D eigenvalue weighted by Gasteiger charge is 2.31. The first-order valence-electron chi connectivity index (χ1n) is 5.53. The van der Waals surface area contributed by atoms with Crippen LogP contribution in [0.3, 0.4) is 0 Å². The number of allylic oxidation sites excluding steroid dienone is 1. The van der Waals surface area contributed by atoms with E-state index in [1.54, 1.807) is 0 Å². The van der Waals surface area contributed by atoms with Crippen LogP contribution in [0, 0.1) is 5.41 Å². The number of carbonyl (C=O) groups is 2. The molecule has 0 spiro atoms. The van der Waals surface area contributed by atoms with E-state index in [9.17, 15) is 9.59 Å². The van der Waals surface area contributed by atoms with E-state index in [-0.39, 0.29) is 11.8 Å². The van der Waals surface area contributed by atoms with E-state index in [0.717, 1.165) is 31.3 Å². The lowest BCUT2D eigenvalue weighted by Gasteiger charge is -2.31. The Morgan fingerprint density at radius 1 is 1.13 bits per heavy atom. The Kier molecular flexibility index (Phi) is 2.41. The molecule has 2 aliphatic rings. The Hall–Kier alpha value is -1.12. The maximum absolute atomic E-state index is 11.5. The van der Waals surface area contributed by atoms with Gasteiger partial charge in [-0.3, -0.25) is 14.9 Å². The highest BCUT2D eigenvalue weighted by molar-refractivity contribution is 6.13. The van der Waals surface area contributed by atoms with Gasteiger partial charge in [0.05, 0.1) is 6.42 Å². The fraction of sp³-hybridized carbons (Fsp3) is 0.667. The minimum atomic E-state index is -0.158. The smallest absolute Gasteiger partial charge is 0.254 e. The third-order valence-electron chi connectivity index (χ3n) is 3.50. The molecular weight excluding hydrogens is 190 g/mol. The van der Waals surface area contributed by atoms with Gasteiger partial charge in [-0.15, -0.1) is 0 Å². The van der Waals surface area contributed by atoms with Crippen molar-refractivity contribution in [2.75, 3.05) is 0 Å². The summed E-state index contributed by atoms with van der Waals surface area (Å²) in [4.78, 5) is 22.5. The van der Waals surface area contributed by atoms with Gasteiger partial charge >= 0.3 is 0 Å². The van der Waals surface area contributed by atoms with Crippen LogP contribution in [0.2, 0.25) is 0 Å². The van der Waals surface area contributed by atoms with Gasteiger partial charge in [0.15, 0.2) is 0 Å². The van der Waals surface area contributed by atoms with Crippen LogP contribution in [0.25, 0.3) is 0 Å². The van der Waals surface area contributed by atoms with Crippen LogP contribution in [-0.2, 0) is 9.59 Å². The van der Waals surface area contributed by atoms with Gasteiger partial charge in [-0.25, -0.2) is 0 Å². The Labute approximate surface area is 89.9 Å². The van der Waals surface area contributed by atoms with Crippen molar-refractivity contribution in [3.8, 4) is 0 Å². The van der Waals surface area contributed by atoms with E-state index in [2.05, 4.69) is 19.2 Å². The quantitative estimate of drug-likeness (QED) is 0.487. The van der Waals surface area contributed by atoms with Crippen LogP contribution in [0.4, 0.5) is 0 Å². The third kappa shape index (κ3) is 2.11. The summed E-state index contributed by atoms with van der Waals surface area (Å²) < 4.78 is 0. The van der Waals surface area contributed by atoms with E-state index < -0.39 is 0 Å². The molecule has 1 saturated heterocycles. The van der Waals surface area contributed by atoms with Gasteiger partial charge in [0.1, 0.15) is 0 Å². The summed E-state index contributed by atoms with van der Waals surface area (Å²) in [5.74, 6) is -0.304. The van der Waals surface area contributed by atoms with Gasteiger partial charge in [0, 0.05) is 5.57 Å². The summed E-state index contributed by atoms with van der Waals surface area (Å²) in [6.07, 6.45) is 4.49. The summed E-state index contributed by atoms with van der Waals surface area (Å²) in [6, 6.07) is 0. The largest absolute Gasteiger partial charge is 0.292 e. The number of hydrogen-bond acceptors (Lipinski definition) is 2. The first-order chi connectivity index (χ1) is 6.98. The molecule has 3 heteroatoms. The molecular formula is C12H17NO2. The van der Waals surface area contributed by atoms with Crippen molar-refractivity contribution in [1.82, 2.24) is 5.32 Å². The average molecular weight is 207 g/mol. The highest BCUT2D eigenvalue weighted by atomic mass is 16.2. The maximum Gasteiger partial charge on any atom is 0.254 e. The monoisotopic (exact) mass is 207 g/mol. The lowest BCUT2D eigenvalue weighted by Crippen LogP contribution is -2.21. The zero-order valence-corrected chi connectivity index (χ0v) is 9.35. The molecule has 0 aromatic rings. The predicted molar refractivity (Wildman–Crippen MR) is 57.0 cm³/mol. The molecule has 82 valence electrons. The Balaban J connectivity index is 2.15. The summed E-state index contributed by atoms with van der Waals surface area (Å²) in [5, 5.41) is 2.35. The van der Waals surface area contributed by atoms with Gasteiger partial charge in [-0.2, -0.15) is 0 Å². The minimum Gasteiger partial charge on any atom is -0.292 e. The van der Waals surface area contributed by atoms with Crippen LogP contribution in [0.1, 0.15) is 46.0 Å². The first kappa shape index (κ1) is 10.4. The second-order valence-electron chi connectivity index (χ2n) is 5.30. The van der Waals surface area contributed by atoms with Gasteiger partial charge in [-0.05, 0) is 31.1 Å². The van der Waals surface area contributed by atoms with E-state index in [1.807, 2.05) is 0 Å². The van der Waals surface area contributed by atoms with Crippen molar-refractivity contribution in [3.05, 3.63) is 11.1 Å². The van der Waals surface area contributed by atoms with Crippen molar-refractivity contribution < 1.29 is 9.59 Å². The predicted octanol–water partition coefficient (Wildman–Crippen LogP) is 1.93.